The summed E-state index contributed by atoms with van der Waals surface area (Å²) in [5, 5.41) is 8.71. The van der Waals surface area contributed by atoms with Crippen LogP contribution in [0.4, 0.5) is 8.78 Å². The van der Waals surface area contributed by atoms with Gasteiger partial charge in [-0.1, -0.05) is 18.1 Å². The fourth-order valence-corrected chi connectivity index (χ4v) is 1.49. The average Bonchev–Trinajstić information content (AvgIpc) is 2.37. The highest BCUT2D eigenvalue weighted by atomic mass is 19.3. The first-order chi connectivity index (χ1) is 9.45. The van der Waals surface area contributed by atoms with Gasteiger partial charge >= 0.3 is 12.6 Å². The predicted octanol–water partition coefficient (Wildman–Crippen LogP) is 1.45. The van der Waals surface area contributed by atoms with Gasteiger partial charge in [-0.2, -0.15) is 8.78 Å². The quantitative estimate of drug-likeness (QED) is 0.802. The van der Waals surface area contributed by atoms with Crippen LogP contribution in [0.15, 0.2) is 24.3 Å². The summed E-state index contributed by atoms with van der Waals surface area (Å²) >= 11 is 0. The van der Waals surface area contributed by atoms with Crippen LogP contribution in [0.1, 0.15) is 10.4 Å². The van der Waals surface area contributed by atoms with Crippen molar-refractivity contribution in [1.29, 1.82) is 0 Å². The van der Waals surface area contributed by atoms with Crippen LogP contribution in [0.2, 0.25) is 0 Å². The number of alkyl halides is 2. The van der Waals surface area contributed by atoms with Crippen LogP contribution >= 0.6 is 0 Å². The second-order valence-electron chi connectivity index (χ2n) is 3.63. The molecule has 20 heavy (non-hydrogen) atoms. The highest BCUT2D eigenvalue weighted by Crippen LogP contribution is 2.21. The zero-order chi connectivity index (χ0) is 15.1. The molecule has 0 aliphatic carbocycles. The third kappa shape index (κ3) is 4.24. The van der Waals surface area contributed by atoms with Crippen LogP contribution in [0.3, 0.4) is 0 Å². The molecule has 0 atom stereocenters. The average molecular weight is 283 g/mol. The molecule has 0 saturated carbocycles. The third-order valence-corrected chi connectivity index (χ3v) is 2.23. The Balaban J connectivity index is 3.05. The topological polar surface area (TPSA) is 66.8 Å². The Kier molecular flexibility index (Phi) is 5.47. The van der Waals surface area contributed by atoms with Gasteiger partial charge in [-0.3, -0.25) is 9.59 Å². The number of aliphatic carboxylic acids is 1. The summed E-state index contributed by atoms with van der Waals surface area (Å²) in [6.45, 7) is -3.98. The van der Waals surface area contributed by atoms with E-state index in [-0.39, 0.29) is 17.9 Å². The van der Waals surface area contributed by atoms with E-state index in [0.29, 0.717) is 0 Å². The molecule has 0 heterocycles. The minimum Gasteiger partial charge on any atom is -0.480 e. The molecule has 5 nitrogen and oxygen atoms in total. The minimum absolute atomic E-state index is 0.177. The molecule has 0 bridgehead atoms. The molecule has 1 aromatic rings. The molecule has 1 aromatic carbocycles. The summed E-state index contributed by atoms with van der Waals surface area (Å²) in [5.41, 5.74) is -0.177. The first-order valence-electron chi connectivity index (χ1n) is 5.44. The zero-order valence-electron chi connectivity index (χ0n) is 10.3. The smallest absolute Gasteiger partial charge is 0.387 e. The van der Waals surface area contributed by atoms with E-state index >= 15 is 0 Å². The molecule has 7 heteroatoms. The Labute approximate surface area is 113 Å². The number of carbonyl (C=O) groups is 2. The summed E-state index contributed by atoms with van der Waals surface area (Å²) < 4.78 is 28.7. The number of rotatable bonds is 6. The second kappa shape index (κ2) is 7.09. The number of amides is 1. The van der Waals surface area contributed by atoms with Gasteiger partial charge < -0.3 is 14.7 Å². The van der Waals surface area contributed by atoms with E-state index in [2.05, 4.69) is 10.7 Å². The van der Waals surface area contributed by atoms with Gasteiger partial charge in [0.05, 0.1) is 12.1 Å². The summed E-state index contributed by atoms with van der Waals surface area (Å²) in [5.74, 6) is -0.250. The SMILES string of the molecule is C#CCN(CC(=O)O)C(=O)c1ccccc1OC(F)F. The number of halogens is 2. The first-order valence-corrected chi connectivity index (χ1v) is 5.44. The number of carboxylic acids is 1. The Morgan fingerprint density at radius 2 is 2.05 bits per heavy atom. The van der Waals surface area contributed by atoms with Gasteiger partial charge in [0.15, 0.2) is 0 Å². The molecule has 0 unspecified atom stereocenters. The molecular formula is C13H11F2NO4. The second-order valence-corrected chi connectivity index (χ2v) is 3.63. The van der Waals surface area contributed by atoms with Crippen molar-refractivity contribution in [3.8, 4) is 18.1 Å². The minimum atomic E-state index is -3.09. The molecule has 0 spiro atoms. The maximum absolute atomic E-state index is 12.2. The summed E-state index contributed by atoms with van der Waals surface area (Å²) in [4.78, 5) is 23.6. The van der Waals surface area contributed by atoms with E-state index in [0.717, 1.165) is 4.90 Å². The highest BCUT2D eigenvalue weighted by molar-refractivity contribution is 5.98. The summed E-state index contributed by atoms with van der Waals surface area (Å²) in [6, 6.07) is 5.30. The lowest BCUT2D eigenvalue weighted by Gasteiger charge is -2.19. The number of ether oxygens (including phenoxy) is 1. The van der Waals surface area contributed by atoms with Crippen molar-refractivity contribution in [3.63, 3.8) is 0 Å². The van der Waals surface area contributed by atoms with Crippen molar-refractivity contribution in [3.05, 3.63) is 29.8 Å². The lowest BCUT2D eigenvalue weighted by Crippen LogP contribution is -2.36. The predicted molar refractivity (Wildman–Crippen MR) is 65.4 cm³/mol. The number of para-hydroxylation sites is 1. The van der Waals surface area contributed by atoms with Crippen molar-refractivity contribution in [2.24, 2.45) is 0 Å². The van der Waals surface area contributed by atoms with E-state index in [9.17, 15) is 18.4 Å². The molecule has 0 saturated heterocycles. The highest BCUT2D eigenvalue weighted by Gasteiger charge is 2.22. The summed E-state index contributed by atoms with van der Waals surface area (Å²) in [6.07, 6.45) is 5.05. The molecule has 106 valence electrons. The number of hydrogen-bond donors (Lipinski definition) is 1. The van der Waals surface area contributed by atoms with Gasteiger partial charge in [0.2, 0.25) is 0 Å². The van der Waals surface area contributed by atoms with Gasteiger partial charge in [0.25, 0.3) is 5.91 Å². The largest absolute Gasteiger partial charge is 0.480 e. The van der Waals surface area contributed by atoms with Crippen molar-refractivity contribution in [2.45, 2.75) is 6.61 Å². The van der Waals surface area contributed by atoms with Crippen LogP contribution in [0.25, 0.3) is 0 Å². The van der Waals surface area contributed by atoms with Crippen molar-refractivity contribution >= 4 is 11.9 Å². The molecule has 0 fully saturated rings. The molecule has 1 rings (SSSR count). The molecule has 0 aliphatic heterocycles. The number of benzene rings is 1. The number of hydrogen-bond acceptors (Lipinski definition) is 3. The zero-order valence-corrected chi connectivity index (χ0v) is 10.3. The fraction of sp³-hybridized carbons (Fsp3) is 0.231. The van der Waals surface area contributed by atoms with Gasteiger partial charge in [-0.15, -0.1) is 6.42 Å². The molecule has 0 aromatic heterocycles. The van der Waals surface area contributed by atoms with Crippen LogP contribution in [0, 0.1) is 12.3 Å². The van der Waals surface area contributed by atoms with Crippen LogP contribution in [0.5, 0.6) is 5.75 Å². The van der Waals surface area contributed by atoms with E-state index in [4.69, 9.17) is 11.5 Å². The van der Waals surface area contributed by atoms with Gasteiger partial charge in [0.1, 0.15) is 12.3 Å². The number of terminal acetylenes is 1. The molecule has 1 N–H and O–H groups in total. The van der Waals surface area contributed by atoms with Gasteiger partial charge in [-0.05, 0) is 12.1 Å². The normalized spacial score (nSPS) is 9.90. The first kappa shape index (κ1) is 15.4. The maximum Gasteiger partial charge on any atom is 0.387 e. The number of nitrogens with zero attached hydrogens (tertiary/aromatic N) is 1. The van der Waals surface area contributed by atoms with Crippen molar-refractivity contribution in [1.82, 2.24) is 4.90 Å². The molecule has 1 amide bonds. The van der Waals surface area contributed by atoms with Crippen LogP contribution < -0.4 is 4.74 Å². The van der Waals surface area contributed by atoms with E-state index in [1.165, 1.54) is 24.3 Å². The van der Waals surface area contributed by atoms with Gasteiger partial charge in [-0.25, -0.2) is 0 Å². The van der Waals surface area contributed by atoms with Crippen LogP contribution in [-0.4, -0.2) is 41.6 Å². The molecular weight excluding hydrogens is 272 g/mol. The van der Waals surface area contributed by atoms with E-state index in [1.54, 1.807) is 0 Å². The Morgan fingerprint density at radius 1 is 1.40 bits per heavy atom. The lowest BCUT2D eigenvalue weighted by atomic mass is 10.1. The monoisotopic (exact) mass is 283 g/mol. The maximum atomic E-state index is 12.2. The van der Waals surface area contributed by atoms with Crippen molar-refractivity contribution in [2.75, 3.05) is 13.1 Å². The van der Waals surface area contributed by atoms with Crippen LogP contribution in [-0.2, 0) is 4.79 Å². The molecule has 0 aliphatic rings. The Morgan fingerprint density at radius 3 is 2.60 bits per heavy atom. The molecule has 0 radical (unpaired) electrons. The number of carboxylic acid groups (broad SMARTS) is 1. The van der Waals surface area contributed by atoms with E-state index < -0.39 is 25.0 Å². The fourth-order valence-electron chi connectivity index (χ4n) is 1.49. The van der Waals surface area contributed by atoms with E-state index in [1.807, 2.05) is 0 Å². The van der Waals surface area contributed by atoms with Gasteiger partial charge in [0, 0.05) is 0 Å². The number of carbonyl (C=O) groups excluding carboxylic acids is 1. The van der Waals surface area contributed by atoms with Crippen molar-refractivity contribution < 1.29 is 28.2 Å². The summed E-state index contributed by atoms with van der Waals surface area (Å²) in [7, 11) is 0. The third-order valence-electron chi connectivity index (χ3n) is 2.23. The standard InChI is InChI=1S/C13H11F2NO4/c1-2-7-16(8-11(17)18)12(19)9-5-3-4-6-10(9)20-13(14)15/h1,3-6,13H,7-8H2,(H,17,18). The lowest BCUT2D eigenvalue weighted by molar-refractivity contribution is -0.137. The Hall–Kier alpha value is -2.62. The Bertz CT molecular complexity index is 539.